The number of hydrogen-bond acceptors (Lipinski definition) is 2. The van der Waals surface area contributed by atoms with Crippen molar-refractivity contribution in [1.29, 1.82) is 10.5 Å². The Hall–Kier alpha value is 0.616. The van der Waals surface area contributed by atoms with Crippen LogP contribution in [0, 0.1) is 23.7 Å². The zero-order chi connectivity index (χ0) is 4.00. The van der Waals surface area contributed by atoms with Crippen molar-refractivity contribution in [2.45, 2.75) is 0 Å². The molecule has 3 heteroatoms. The van der Waals surface area contributed by atoms with Crippen molar-refractivity contribution in [2.24, 2.45) is 0 Å². The summed E-state index contributed by atoms with van der Waals surface area (Å²) in [5.41, 5.74) is 0. The van der Waals surface area contributed by atoms with Crippen molar-refractivity contribution in [3.05, 3.63) is 13.1 Å². The summed E-state index contributed by atoms with van der Waals surface area (Å²) >= 11 is 0. The summed E-state index contributed by atoms with van der Waals surface area (Å²) in [7, 11) is 0. The van der Waals surface area contributed by atoms with E-state index in [0.29, 0.717) is 0 Å². The van der Waals surface area contributed by atoms with Gasteiger partial charge in [0.2, 0.25) is 0 Å². The normalized spacial score (nSPS) is 0.800. The van der Waals surface area contributed by atoms with Gasteiger partial charge in [-0.3, -0.25) is 0 Å². The molecule has 0 atom stereocenters. The molecule has 0 aliphatic heterocycles. The van der Waals surface area contributed by atoms with Crippen molar-refractivity contribution in [1.82, 2.24) is 0 Å². The summed E-state index contributed by atoms with van der Waals surface area (Å²) in [5.74, 6) is 0. The largest absolute Gasteiger partial charge is 1.00 e. The summed E-state index contributed by atoms with van der Waals surface area (Å²) in [6.07, 6.45) is 0. The predicted molar refractivity (Wildman–Crippen MR) is 9.94 cm³/mol. The third-order valence-electron chi connectivity index (χ3n) is 0. The standard InChI is InChI=1S/2CN.K/c2*1-2;/q2*-1;+1. The Morgan fingerprint density at radius 3 is 0.800 bits per heavy atom. The van der Waals surface area contributed by atoms with Gasteiger partial charge in [0.1, 0.15) is 0 Å². The van der Waals surface area contributed by atoms with Gasteiger partial charge in [-0.2, -0.15) is 0 Å². The van der Waals surface area contributed by atoms with Crippen LogP contribution < -0.4 is 51.4 Å². The first-order valence-corrected chi connectivity index (χ1v) is 0.447. The summed E-state index contributed by atoms with van der Waals surface area (Å²) in [6.45, 7) is 9.50. The average molecular weight is 91.1 g/mol. The van der Waals surface area contributed by atoms with Crippen LogP contribution in [0.2, 0.25) is 0 Å². The van der Waals surface area contributed by atoms with E-state index >= 15 is 0 Å². The molecular formula is C2KN2-. The first kappa shape index (κ1) is 17.5. The molecule has 5 heavy (non-hydrogen) atoms. The fourth-order valence-corrected chi connectivity index (χ4v) is 0. The summed E-state index contributed by atoms with van der Waals surface area (Å²) in [6, 6.07) is 0. The van der Waals surface area contributed by atoms with E-state index in [1.54, 1.807) is 0 Å². The molecule has 0 aromatic heterocycles. The van der Waals surface area contributed by atoms with E-state index in [2.05, 4.69) is 0 Å². The molecule has 0 saturated carbocycles. The molecular weight excluding hydrogens is 91.1 g/mol. The maximum absolute atomic E-state index is 6.25. The van der Waals surface area contributed by atoms with Gasteiger partial charge in [0.05, 0.1) is 0 Å². The molecule has 0 heterocycles. The fraction of sp³-hybridized carbons (Fsp3) is 0. The smallest absolute Gasteiger partial charge is 0.512 e. The molecule has 0 radical (unpaired) electrons. The Morgan fingerprint density at radius 2 is 0.800 bits per heavy atom. The molecule has 0 aliphatic rings. The number of nitrogens with zero attached hydrogens (tertiary/aromatic N) is 2. The van der Waals surface area contributed by atoms with E-state index in [1.807, 2.05) is 0 Å². The minimum atomic E-state index is 0. The van der Waals surface area contributed by atoms with E-state index in [1.165, 1.54) is 0 Å². The van der Waals surface area contributed by atoms with Crippen molar-refractivity contribution in [3.8, 4) is 0 Å². The summed E-state index contributed by atoms with van der Waals surface area (Å²) in [4.78, 5) is 0. The van der Waals surface area contributed by atoms with Crippen molar-refractivity contribution in [3.63, 3.8) is 0 Å². The molecule has 0 aromatic carbocycles. The summed E-state index contributed by atoms with van der Waals surface area (Å²) in [5, 5.41) is 12.5. The molecule has 0 rings (SSSR count). The van der Waals surface area contributed by atoms with E-state index in [9.17, 15) is 0 Å². The quantitative estimate of drug-likeness (QED) is 0.239. The monoisotopic (exact) mass is 91.0 g/mol. The van der Waals surface area contributed by atoms with Gasteiger partial charge in [0.15, 0.2) is 0 Å². The molecule has 0 spiro atoms. The van der Waals surface area contributed by atoms with E-state index in [0.717, 1.165) is 0 Å². The third kappa shape index (κ3) is 83.2. The fourth-order valence-electron chi connectivity index (χ4n) is 0. The second kappa shape index (κ2) is 159. The maximum atomic E-state index is 6.25. The van der Waals surface area contributed by atoms with Crippen molar-refractivity contribution >= 4 is 0 Å². The topological polar surface area (TPSA) is 47.6 Å². The molecule has 0 saturated heterocycles. The van der Waals surface area contributed by atoms with Gasteiger partial charge in [-0.05, 0) is 0 Å². The van der Waals surface area contributed by atoms with Gasteiger partial charge >= 0.3 is 51.4 Å². The van der Waals surface area contributed by atoms with Crippen LogP contribution in [-0.2, 0) is 0 Å². The van der Waals surface area contributed by atoms with Crippen LogP contribution in [0.25, 0.3) is 0 Å². The van der Waals surface area contributed by atoms with Crippen molar-refractivity contribution in [2.75, 3.05) is 0 Å². The van der Waals surface area contributed by atoms with Crippen molar-refractivity contribution < 1.29 is 51.4 Å². The minimum absolute atomic E-state index is 0. The molecule has 0 aromatic rings. The second-order valence-corrected chi connectivity index (χ2v) is 0. The summed E-state index contributed by atoms with van der Waals surface area (Å²) < 4.78 is 0. The van der Waals surface area contributed by atoms with Crippen LogP contribution in [0.4, 0.5) is 0 Å². The maximum Gasteiger partial charge on any atom is 1.00 e. The molecule has 0 N–H and O–H groups in total. The Morgan fingerprint density at radius 1 is 0.800 bits per heavy atom. The van der Waals surface area contributed by atoms with Gasteiger partial charge < -0.3 is 23.7 Å². The van der Waals surface area contributed by atoms with Gasteiger partial charge in [0, 0.05) is 0 Å². The predicted octanol–water partition coefficient (Wildman–Crippen LogP) is -2.80. The van der Waals surface area contributed by atoms with Crippen LogP contribution >= 0.6 is 0 Å². The minimum Gasteiger partial charge on any atom is -0.512 e. The van der Waals surface area contributed by atoms with Crippen LogP contribution in [0.15, 0.2) is 0 Å². The number of rotatable bonds is 0. The van der Waals surface area contributed by atoms with E-state index in [4.69, 9.17) is 23.7 Å². The molecule has 0 amide bonds. The molecule has 0 aliphatic carbocycles. The van der Waals surface area contributed by atoms with Crippen LogP contribution in [-0.4, -0.2) is 0 Å². The van der Waals surface area contributed by atoms with Crippen LogP contribution in [0.5, 0.6) is 0 Å². The van der Waals surface area contributed by atoms with E-state index in [-0.39, 0.29) is 51.4 Å². The average Bonchev–Trinajstić information content (AvgIpc) is 1.50. The SMILES string of the molecule is [C-]#N.[C-]#N.[K+]. The molecule has 0 fully saturated rings. The molecule has 0 unspecified atom stereocenters. The van der Waals surface area contributed by atoms with Crippen LogP contribution in [0.3, 0.4) is 0 Å². The first-order valence-electron chi connectivity index (χ1n) is 0.447. The van der Waals surface area contributed by atoms with Gasteiger partial charge in [-0.1, -0.05) is 0 Å². The van der Waals surface area contributed by atoms with Gasteiger partial charge in [0.25, 0.3) is 0 Å². The first-order chi connectivity index (χ1) is 2.00. The third-order valence-corrected chi connectivity index (χ3v) is 0. The Kier molecular flexibility index (Phi) is 556. The molecule has 2 nitrogen and oxygen atoms in total. The Labute approximate surface area is 73.8 Å². The Bertz CT molecular complexity index is 23.1. The van der Waals surface area contributed by atoms with Gasteiger partial charge in [-0.15, -0.1) is 0 Å². The Balaban J connectivity index is -0.0000000133. The van der Waals surface area contributed by atoms with Gasteiger partial charge in [-0.25, -0.2) is 0 Å². The zero-order valence-electron chi connectivity index (χ0n) is 2.89. The number of hydrogen-bond donors (Lipinski definition) is 0. The molecule has 20 valence electrons. The second-order valence-electron chi connectivity index (χ2n) is 0. The zero-order valence-corrected chi connectivity index (χ0v) is 6.02. The van der Waals surface area contributed by atoms with E-state index < -0.39 is 0 Å². The molecule has 0 bridgehead atoms. The van der Waals surface area contributed by atoms with Crippen LogP contribution in [0.1, 0.15) is 0 Å².